The average Bonchev–Trinajstić information content (AvgIpc) is 1.99. The predicted molar refractivity (Wildman–Crippen MR) is 46.0 cm³/mol. The molecule has 84 valence electrons. The van der Waals surface area contributed by atoms with Crippen LogP contribution in [-0.4, -0.2) is 23.8 Å². The number of carboxylic acids is 2. The van der Waals surface area contributed by atoms with Crippen molar-refractivity contribution in [2.45, 2.75) is 26.3 Å². The third-order valence-corrected chi connectivity index (χ3v) is 1.48. The van der Waals surface area contributed by atoms with Gasteiger partial charge in [0.2, 0.25) is 0 Å². The molecular weight excluding hydrogens is 248 g/mol. The Morgan fingerprint density at radius 2 is 1.65 bits per heavy atom. The van der Waals surface area contributed by atoms with Crippen LogP contribution in [0.3, 0.4) is 0 Å². The molecule has 0 aliphatic rings. The molecule has 0 aromatic carbocycles. The average molecular weight is 259 g/mol. The second-order valence-corrected chi connectivity index (χ2v) is 3.03. The van der Waals surface area contributed by atoms with Crippen molar-refractivity contribution in [3.8, 4) is 0 Å². The smallest absolute Gasteiger partial charge is 0.550 e. The number of carbonyl (C=O) groups excluding carboxylic acids is 3. The van der Waals surface area contributed by atoms with E-state index in [0.29, 0.717) is 0 Å². The Morgan fingerprint density at radius 3 is 1.94 bits per heavy atom. The minimum absolute atomic E-state index is 0. The Bertz CT molecular complexity index is 317. The molecule has 0 aromatic rings. The van der Waals surface area contributed by atoms with Gasteiger partial charge in [-0.15, -0.1) is 0 Å². The van der Waals surface area contributed by atoms with Gasteiger partial charge in [0.25, 0.3) is 0 Å². The number of carbonyl (C=O) groups is 3. The number of hydrogen-bond acceptors (Lipinski definition) is 6. The fourth-order valence-electron chi connectivity index (χ4n) is 0.981. The first-order valence-corrected chi connectivity index (χ1v) is 4.19. The van der Waals surface area contributed by atoms with E-state index in [4.69, 9.17) is 0 Å². The quantitative estimate of drug-likeness (QED) is 0.375. The largest absolute Gasteiger partial charge is 1.00 e. The summed E-state index contributed by atoms with van der Waals surface area (Å²) >= 11 is 0. The van der Waals surface area contributed by atoms with Gasteiger partial charge >= 0.3 is 59.1 Å². The van der Waals surface area contributed by atoms with Crippen molar-refractivity contribution in [3.63, 3.8) is 0 Å². The normalized spacial score (nSPS) is 11.5. The fraction of sp³-hybridized carbons (Fsp3) is 0.444. The van der Waals surface area contributed by atoms with Crippen molar-refractivity contribution in [3.05, 3.63) is 11.8 Å². The standard InChI is InChI=1S/C9H13NO5.2Na/c1-5(3-6(2)11)10-7(9(14)15)4-8(12)13;;/h3,7,10H,4H2,1-2H3,(H,12,13)(H,14,15);;/q;2*+1/p-2/b5-3+;;/t7-;;/m0../s1. The molecule has 1 N–H and O–H groups in total. The van der Waals surface area contributed by atoms with Crippen LogP contribution in [0.1, 0.15) is 20.3 Å². The predicted octanol–water partition coefficient (Wildman–Crippen LogP) is -8.66. The molecule has 0 heterocycles. The number of nitrogens with one attached hydrogen (secondary N) is 1. The molecular formula is C9H11NNa2O5. The van der Waals surface area contributed by atoms with Crippen molar-refractivity contribution in [1.29, 1.82) is 0 Å². The van der Waals surface area contributed by atoms with E-state index in [2.05, 4.69) is 5.32 Å². The Labute approximate surface area is 143 Å². The summed E-state index contributed by atoms with van der Waals surface area (Å²) in [7, 11) is 0. The van der Waals surface area contributed by atoms with Gasteiger partial charge in [0.15, 0.2) is 5.78 Å². The van der Waals surface area contributed by atoms with Crippen molar-refractivity contribution < 1.29 is 83.7 Å². The van der Waals surface area contributed by atoms with Gasteiger partial charge in [0.05, 0.1) is 12.0 Å². The number of hydrogen-bond donors (Lipinski definition) is 1. The van der Waals surface area contributed by atoms with E-state index in [9.17, 15) is 24.6 Å². The summed E-state index contributed by atoms with van der Waals surface area (Å²) in [6.45, 7) is 2.74. The number of ketones is 1. The molecule has 6 nitrogen and oxygen atoms in total. The van der Waals surface area contributed by atoms with Gasteiger partial charge in [-0.3, -0.25) is 4.79 Å². The van der Waals surface area contributed by atoms with Crippen LogP contribution in [0.4, 0.5) is 0 Å². The maximum atomic E-state index is 10.6. The Morgan fingerprint density at radius 1 is 1.18 bits per heavy atom. The number of carboxylic acid groups (broad SMARTS) is 2. The number of rotatable bonds is 6. The first-order valence-electron chi connectivity index (χ1n) is 4.19. The molecule has 0 bridgehead atoms. The van der Waals surface area contributed by atoms with Gasteiger partial charge in [-0.25, -0.2) is 0 Å². The van der Waals surface area contributed by atoms with E-state index in [1.807, 2.05) is 0 Å². The summed E-state index contributed by atoms with van der Waals surface area (Å²) in [5, 5.41) is 23.0. The summed E-state index contributed by atoms with van der Waals surface area (Å²) in [6.07, 6.45) is 0.441. The van der Waals surface area contributed by atoms with Crippen LogP contribution in [0, 0.1) is 0 Å². The molecule has 1 atom stereocenters. The summed E-state index contributed by atoms with van der Waals surface area (Å²) in [4.78, 5) is 31.3. The van der Waals surface area contributed by atoms with E-state index in [-0.39, 0.29) is 70.6 Å². The first kappa shape index (κ1) is 22.3. The van der Waals surface area contributed by atoms with Crippen LogP contribution in [0.15, 0.2) is 11.8 Å². The van der Waals surface area contributed by atoms with Crippen LogP contribution < -0.4 is 74.6 Å². The van der Waals surface area contributed by atoms with Crippen LogP contribution in [-0.2, 0) is 14.4 Å². The topological polar surface area (TPSA) is 109 Å². The van der Waals surface area contributed by atoms with Crippen LogP contribution in [0.5, 0.6) is 0 Å². The van der Waals surface area contributed by atoms with Gasteiger partial charge < -0.3 is 25.1 Å². The van der Waals surface area contributed by atoms with Crippen LogP contribution in [0.25, 0.3) is 0 Å². The molecule has 0 spiro atoms. The van der Waals surface area contributed by atoms with Crippen molar-refractivity contribution in [1.82, 2.24) is 5.32 Å². The molecule has 0 aliphatic heterocycles. The van der Waals surface area contributed by atoms with Crippen LogP contribution in [0.2, 0.25) is 0 Å². The Hall–Kier alpha value is 0.150. The van der Waals surface area contributed by atoms with Gasteiger partial charge in [0, 0.05) is 18.1 Å². The van der Waals surface area contributed by atoms with Crippen molar-refractivity contribution in [2.75, 3.05) is 0 Å². The maximum Gasteiger partial charge on any atom is 1.00 e. The number of aliphatic carboxylic acids is 2. The molecule has 0 saturated heterocycles. The second-order valence-electron chi connectivity index (χ2n) is 3.03. The first-order chi connectivity index (χ1) is 6.82. The number of allylic oxidation sites excluding steroid dienone is 2. The van der Waals surface area contributed by atoms with Gasteiger partial charge in [0.1, 0.15) is 0 Å². The minimum Gasteiger partial charge on any atom is -0.550 e. The van der Waals surface area contributed by atoms with Crippen LogP contribution >= 0.6 is 0 Å². The zero-order chi connectivity index (χ0) is 12.0. The minimum atomic E-state index is -1.56. The van der Waals surface area contributed by atoms with Crippen molar-refractivity contribution >= 4 is 17.7 Å². The molecule has 0 radical (unpaired) electrons. The molecule has 0 rings (SSSR count). The Kier molecular flexibility index (Phi) is 14.8. The SMILES string of the molecule is CC(=O)/C=C(\C)N[C@@H](CC(=O)[O-])C(=O)[O-].[Na+].[Na+]. The van der Waals surface area contributed by atoms with E-state index in [1.165, 1.54) is 13.8 Å². The molecule has 0 saturated carbocycles. The molecule has 0 amide bonds. The fourth-order valence-corrected chi connectivity index (χ4v) is 0.981. The van der Waals surface area contributed by atoms with E-state index in [0.717, 1.165) is 6.08 Å². The summed E-state index contributed by atoms with van der Waals surface area (Å²) in [5.74, 6) is -3.34. The monoisotopic (exact) mass is 259 g/mol. The third-order valence-electron chi connectivity index (χ3n) is 1.48. The van der Waals surface area contributed by atoms with Gasteiger partial charge in [-0.1, -0.05) is 0 Å². The van der Waals surface area contributed by atoms with E-state index in [1.54, 1.807) is 0 Å². The van der Waals surface area contributed by atoms with E-state index >= 15 is 0 Å². The molecule has 0 unspecified atom stereocenters. The summed E-state index contributed by atoms with van der Waals surface area (Å²) in [6, 6.07) is -1.40. The molecule has 0 fully saturated rings. The third kappa shape index (κ3) is 12.4. The van der Waals surface area contributed by atoms with Gasteiger partial charge in [-0.2, -0.15) is 0 Å². The zero-order valence-electron chi connectivity index (χ0n) is 10.4. The van der Waals surface area contributed by atoms with Crippen molar-refractivity contribution in [2.24, 2.45) is 0 Å². The maximum absolute atomic E-state index is 10.6. The van der Waals surface area contributed by atoms with E-state index < -0.39 is 24.4 Å². The molecule has 0 aromatic heterocycles. The Balaban J connectivity index is -0.000000980. The zero-order valence-corrected chi connectivity index (χ0v) is 14.4. The second kappa shape index (κ2) is 11.3. The molecule has 8 heteroatoms. The summed E-state index contributed by atoms with van der Waals surface area (Å²) in [5.41, 5.74) is 0.262. The molecule has 17 heavy (non-hydrogen) atoms. The van der Waals surface area contributed by atoms with Gasteiger partial charge in [-0.05, 0) is 19.9 Å². The summed E-state index contributed by atoms with van der Waals surface area (Å²) < 4.78 is 0. The molecule has 0 aliphatic carbocycles.